The van der Waals surface area contributed by atoms with Gasteiger partial charge in [-0.2, -0.15) is 0 Å². The minimum atomic E-state index is 0.809. The summed E-state index contributed by atoms with van der Waals surface area (Å²) in [5.41, 5.74) is 17.6. The van der Waals surface area contributed by atoms with Crippen LogP contribution in [0.1, 0.15) is 0 Å². The SMILES string of the molecule is c1ccc(-c2cc(-c3ccc(-c4ccc(-c5cc(-c6ccccn6)nc(-c6ccccn6)c5)cc4)cc3)nc3cccc(-c4cccc5[nH]c6ccccc6c45)c23)cc1. The highest BCUT2D eigenvalue weighted by Gasteiger charge is 2.18. The van der Waals surface area contributed by atoms with Crippen molar-refractivity contribution in [3.63, 3.8) is 0 Å². The van der Waals surface area contributed by atoms with Gasteiger partial charge in [-0.25, -0.2) is 9.97 Å². The van der Waals surface area contributed by atoms with E-state index in [4.69, 9.17) is 9.97 Å². The highest BCUT2D eigenvalue weighted by atomic mass is 14.8. The van der Waals surface area contributed by atoms with Gasteiger partial charge in [0.15, 0.2) is 0 Å². The maximum Gasteiger partial charge on any atom is 0.0900 e. The quantitative estimate of drug-likeness (QED) is 0.176. The van der Waals surface area contributed by atoms with Crippen molar-refractivity contribution >= 4 is 32.7 Å². The monoisotopic (exact) mass is 753 g/mol. The first-order valence-corrected chi connectivity index (χ1v) is 19.8. The van der Waals surface area contributed by atoms with Gasteiger partial charge >= 0.3 is 0 Å². The Kier molecular flexibility index (Phi) is 8.41. The summed E-state index contributed by atoms with van der Waals surface area (Å²) < 4.78 is 0. The van der Waals surface area contributed by atoms with Gasteiger partial charge in [-0.15, -0.1) is 0 Å². The molecule has 0 aliphatic carbocycles. The second kappa shape index (κ2) is 14.5. The molecule has 1 N–H and O–H groups in total. The minimum absolute atomic E-state index is 0.809. The molecule has 0 saturated heterocycles. The van der Waals surface area contributed by atoms with Crippen LogP contribution in [0.3, 0.4) is 0 Å². The van der Waals surface area contributed by atoms with E-state index in [0.717, 1.165) is 89.4 Å². The van der Waals surface area contributed by atoms with E-state index in [1.807, 2.05) is 36.4 Å². The van der Waals surface area contributed by atoms with Crippen molar-refractivity contribution in [2.24, 2.45) is 0 Å². The van der Waals surface area contributed by atoms with Crippen molar-refractivity contribution in [3.05, 3.63) is 207 Å². The standard InChI is InChI=1S/C54H35N5/c1-2-12-38(13-3-1)44-34-50(58-49-21-11-16-42(54(44)49)41-15-10-20-48-53(41)43-14-4-5-17-45(43)57-48)39-28-26-36(27-29-39)35-22-24-37(25-23-35)40-32-51(46-18-6-8-30-55-46)59-52(33-40)47-19-7-9-31-56-47/h1-34,57H. The van der Waals surface area contributed by atoms with Gasteiger partial charge in [0.25, 0.3) is 0 Å². The summed E-state index contributed by atoms with van der Waals surface area (Å²) in [7, 11) is 0. The van der Waals surface area contributed by atoms with E-state index in [0.29, 0.717) is 0 Å². The molecule has 5 heterocycles. The second-order valence-corrected chi connectivity index (χ2v) is 14.7. The highest BCUT2D eigenvalue weighted by Crippen LogP contribution is 2.42. The van der Waals surface area contributed by atoms with Crippen molar-refractivity contribution in [1.29, 1.82) is 0 Å². The molecule has 5 aromatic heterocycles. The summed E-state index contributed by atoms with van der Waals surface area (Å²) in [5.74, 6) is 0. The van der Waals surface area contributed by atoms with Gasteiger partial charge in [0.1, 0.15) is 0 Å². The van der Waals surface area contributed by atoms with Gasteiger partial charge in [0, 0.05) is 45.1 Å². The lowest BCUT2D eigenvalue weighted by atomic mass is 9.90. The molecule has 5 nitrogen and oxygen atoms in total. The third kappa shape index (κ3) is 6.32. The van der Waals surface area contributed by atoms with Crippen LogP contribution in [0, 0.1) is 0 Å². The molecule has 0 spiro atoms. The van der Waals surface area contributed by atoms with Crippen molar-refractivity contribution in [2.45, 2.75) is 0 Å². The Morgan fingerprint density at radius 3 is 1.53 bits per heavy atom. The van der Waals surface area contributed by atoms with Crippen LogP contribution >= 0.6 is 0 Å². The number of hydrogen-bond acceptors (Lipinski definition) is 4. The van der Waals surface area contributed by atoms with Gasteiger partial charge in [0.05, 0.1) is 34.0 Å². The number of rotatable bonds is 7. The summed E-state index contributed by atoms with van der Waals surface area (Å²) in [4.78, 5) is 23.1. The molecular weight excluding hydrogens is 719 g/mol. The molecule has 0 atom stereocenters. The van der Waals surface area contributed by atoms with Gasteiger partial charge in [0.2, 0.25) is 0 Å². The molecule has 0 saturated carbocycles. The normalized spacial score (nSPS) is 11.4. The van der Waals surface area contributed by atoms with Gasteiger partial charge < -0.3 is 4.98 Å². The topological polar surface area (TPSA) is 67.3 Å². The van der Waals surface area contributed by atoms with Gasteiger partial charge in [-0.1, -0.05) is 133 Å². The third-order valence-corrected chi connectivity index (χ3v) is 11.2. The molecule has 0 fully saturated rings. The lowest BCUT2D eigenvalue weighted by Crippen LogP contribution is -1.94. The van der Waals surface area contributed by atoms with Crippen LogP contribution in [0.4, 0.5) is 0 Å². The number of aromatic amines is 1. The van der Waals surface area contributed by atoms with E-state index in [9.17, 15) is 0 Å². The number of para-hydroxylation sites is 1. The number of nitrogens with one attached hydrogen (secondary N) is 1. The van der Waals surface area contributed by atoms with Crippen LogP contribution in [-0.2, 0) is 0 Å². The lowest BCUT2D eigenvalue weighted by molar-refractivity contribution is 1.22. The average Bonchev–Trinajstić information content (AvgIpc) is 3.71. The number of fused-ring (bicyclic) bond motifs is 4. The Hall–Kier alpha value is -8.02. The van der Waals surface area contributed by atoms with E-state index in [1.165, 1.54) is 21.9 Å². The largest absolute Gasteiger partial charge is 0.354 e. The molecule has 276 valence electrons. The smallest absolute Gasteiger partial charge is 0.0900 e. The van der Waals surface area contributed by atoms with Gasteiger partial charge in [-0.3, -0.25) is 9.97 Å². The first kappa shape index (κ1) is 34.2. The molecule has 11 rings (SSSR count). The van der Waals surface area contributed by atoms with Crippen LogP contribution in [0.2, 0.25) is 0 Å². The first-order valence-electron chi connectivity index (χ1n) is 19.8. The fraction of sp³-hybridized carbons (Fsp3) is 0. The van der Waals surface area contributed by atoms with Crippen LogP contribution < -0.4 is 0 Å². The summed E-state index contributed by atoms with van der Waals surface area (Å²) in [6, 6.07) is 68.0. The van der Waals surface area contributed by atoms with Crippen LogP contribution in [0.5, 0.6) is 0 Å². The molecular formula is C54H35N5. The molecule has 0 aliphatic heterocycles. The molecule has 0 radical (unpaired) electrons. The molecule has 0 aliphatic rings. The van der Waals surface area contributed by atoms with Crippen LogP contribution in [0.15, 0.2) is 207 Å². The molecule has 0 amide bonds. The van der Waals surface area contributed by atoms with Crippen molar-refractivity contribution < 1.29 is 0 Å². The summed E-state index contributed by atoms with van der Waals surface area (Å²) >= 11 is 0. The number of hydrogen-bond donors (Lipinski definition) is 1. The zero-order valence-corrected chi connectivity index (χ0v) is 31.9. The van der Waals surface area contributed by atoms with Crippen molar-refractivity contribution in [2.75, 3.05) is 0 Å². The maximum absolute atomic E-state index is 5.33. The number of benzene rings is 6. The van der Waals surface area contributed by atoms with E-state index in [2.05, 4.69) is 173 Å². The molecule has 0 unspecified atom stereocenters. The van der Waals surface area contributed by atoms with E-state index < -0.39 is 0 Å². The Balaban J connectivity index is 0.961. The number of pyridine rings is 4. The maximum atomic E-state index is 5.33. The highest BCUT2D eigenvalue weighted by molar-refractivity contribution is 6.18. The van der Waals surface area contributed by atoms with Crippen LogP contribution in [-0.4, -0.2) is 24.9 Å². The first-order chi connectivity index (χ1) is 29.2. The second-order valence-electron chi connectivity index (χ2n) is 14.7. The Labute approximate surface area is 341 Å². The van der Waals surface area contributed by atoms with E-state index >= 15 is 0 Å². The Bertz CT molecular complexity index is 3230. The average molecular weight is 754 g/mol. The third-order valence-electron chi connectivity index (χ3n) is 11.2. The lowest BCUT2D eigenvalue weighted by Gasteiger charge is -2.15. The van der Waals surface area contributed by atoms with Crippen molar-refractivity contribution in [1.82, 2.24) is 24.9 Å². The van der Waals surface area contributed by atoms with Gasteiger partial charge in [-0.05, 0) is 105 Å². The summed E-state index contributed by atoms with van der Waals surface area (Å²) in [6.07, 6.45) is 3.60. The Morgan fingerprint density at radius 1 is 0.305 bits per heavy atom. The van der Waals surface area contributed by atoms with Crippen molar-refractivity contribution in [3.8, 4) is 78.5 Å². The summed E-state index contributed by atoms with van der Waals surface area (Å²) in [5, 5.41) is 3.59. The number of nitrogens with zero attached hydrogens (tertiary/aromatic N) is 4. The zero-order valence-electron chi connectivity index (χ0n) is 31.9. The van der Waals surface area contributed by atoms with E-state index in [1.54, 1.807) is 12.4 Å². The zero-order chi connectivity index (χ0) is 39.1. The minimum Gasteiger partial charge on any atom is -0.354 e. The predicted octanol–water partition coefficient (Wildman–Crippen LogP) is 13.7. The number of aromatic nitrogens is 5. The summed E-state index contributed by atoms with van der Waals surface area (Å²) in [6.45, 7) is 0. The fourth-order valence-electron chi connectivity index (χ4n) is 8.31. The van der Waals surface area contributed by atoms with Crippen LogP contribution in [0.25, 0.3) is 111 Å². The van der Waals surface area contributed by atoms with E-state index in [-0.39, 0.29) is 0 Å². The number of H-pyrrole nitrogens is 1. The fourth-order valence-corrected chi connectivity index (χ4v) is 8.31. The molecule has 6 aromatic carbocycles. The Morgan fingerprint density at radius 2 is 0.864 bits per heavy atom. The molecule has 59 heavy (non-hydrogen) atoms. The molecule has 0 bridgehead atoms. The molecule has 11 aromatic rings. The molecule has 5 heteroatoms. The predicted molar refractivity (Wildman–Crippen MR) is 243 cm³/mol.